The van der Waals surface area contributed by atoms with Crippen molar-refractivity contribution in [1.82, 2.24) is 10.0 Å². The van der Waals surface area contributed by atoms with Crippen molar-refractivity contribution in [2.75, 3.05) is 0 Å². The van der Waals surface area contributed by atoms with Crippen LogP contribution in [0.4, 0.5) is 0 Å². The van der Waals surface area contributed by atoms with Crippen molar-refractivity contribution in [3.05, 3.63) is 29.3 Å². The van der Waals surface area contributed by atoms with Gasteiger partial charge in [-0.15, -0.1) is 0 Å². The molecule has 0 amide bonds. The number of sulfonamides is 1. The van der Waals surface area contributed by atoms with E-state index in [4.69, 9.17) is 0 Å². The fraction of sp³-hybridized carbons (Fsp3) is 0.625. The van der Waals surface area contributed by atoms with Gasteiger partial charge in [0, 0.05) is 18.6 Å². The average molecular weight is 310 g/mol. The molecule has 1 aliphatic carbocycles. The van der Waals surface area contributed by atoms with Crippen LogP contribution < -0.4 is 10.0 Å². The van der Waals surface area contributed by atoms with Gasteiger partial charge in [0.05, 0.1) is 4.90 Å². The smallest absolute Gasteiger partial charge is 0.240 e. The Morgan fingerprint density at radius 2 is 2.05 bits per heavy atom. The van der Waals surface area contributed by atoms with Crippen LogP contribution in [-0.2, 0) is 16.6 Å². The fourth-order valence-corrected chi connectivity index (χ4v) is 3.70. The minimum absolute atomic E-state index is 0.0330. The van der Waals surface area contributed by atoms with Crippen molar-refractivity contribution in [1.29, 1.82) is 0 Å². The van der Waals surface area contributed by atoms with E-state index >= 15 is 0 Å². The van der Waals surface area contributed by atoms with Gasteiger partial charge in [0.2, 0.25) is 10.0 Å². The Labute approximate surface area is 128 Å². The maximum absolute atomic E-state index is 12.4. The molecule has 1 unspecified atom stereocenters. The number of hydrogen-bond donors (Lipinski definition) is 2. The van der Waals surface area contributed by atoms with Gasteiger partial charge in [0.1, 0.15) is 0 Å². The molecule has 0 saturated heterocycles. The Bertz CT molecular complexity index is 580. The first-order chi connectivity index (χ1) is 9.92. The molecular weight excluding hydrogens is 284 g/mol. The van der Waals surface area contributed by atoms with Crippen molar-refractivity contribution in [3.63, 3.8) is 0 Å². The molecule has 5 heteroatoms. The zero-order valence-electron chi connectivity index (χ0n) is 13.1. The molecule has 0 spiro atoms. The number of benzene rings is 1. The van der Waals surface area contributed by atoms with Gasteiger partial charge < -0.3 is 5.32 Å². The summed E-state index contributed by atoms with van der Waals surface area (Å²) in [6, 6.07) is 5.97. The standard InChI is InChI=1S/C16H26N2O2S/c1-4-5-13(3)18-21(19,20)16-9-6-12(2)14(10-16)11-17-15-7-8-15/h6,9-10,13,15,17-18H,4-5,7-8,11H2,1-3H3. The second-order valence-electron chi connectivity index (χ2n) is 6.05. The van der Waals surface area contributed by atoms with Gasteiger partial charge in [-0.3, -0.25) is 0 Å². The largest absolute Gasteiger partial charge is 0.310 e. The van der Waals surface area contributed by atoms with Crippen molar-refractivity contribution in [3.8, 4) is 0 Å². The molecule has 1 atom stereocenters. The fourth-order valence-electron chi connectivity index (χ4n) is 2.37. The highest BCUT2D eigenvalue weighted by Crippen LogP contribution is 2.21. The highest BCUT2D eigenvalue weighted by molar-refractivity contribution is 7.89. The first-order valence-electron chi connectivity index (χ1n) is 7.77. The van der Waals surface area contributed by atoms with Gasteiger partial charge in [-0.1, -0.05) is 19.4 Å². The third-order valence-electron chi connectivity index (χ3n) is 3.87. The van der Waals surface area contributed by atoms with E-state index in [1.54, 1.807) is 12.1 Å². The highest BCUT2D eigenvalue weighted by Gasteiger charge is 2.21. The van der Waals surface area contributed by atoms with Crippen LogP contribution in [0.2, 0.25) is 0 Å². The predicted molar refractivity (Wildman–Crippen MR) is 85.7 cm³/mol. The van der Waals surface area contributed by atoms with Crippen LogP contribution >= 0.6 is 0 Å². The molecule has 1 aliphatic rings. The summed E-state index contributed by atoms with van der Waals surface area (Å²) in [6.07, 6.45) is 4.27. The maximum Gasteiger partial charge on any atom is 0.240 e. The minimum Gasteiger partial charge on any atom is -0.310 e. The minimum atomic E-state index is -3.42. The van der Waals surface area contributed by atoms with Gasteiger partial charge in [0.15, 0.2) is 0 Å². The predicted octanol–water partition coefficient (Wildman–Crippen LogP) is 2.71. The molecule has 1 aromatic rings. The summed E-state index contributed by atoms with van der Waals surface area (Å²) in [5, 5.41) is 3.44. The SMILES string of the molecule is CCCC(C)NS(=O)(=O)c1ccc(C)c(CNC2CC2)c1. The molecular formula is C16H26N2O2S. The Morgan fingerprint density at radius 1 is 1.33 bits per heavy atom. The van der Waals surface area contributed by atoms with Gasteiger partial charge in [-0.05, 0) is 56.4 Å². The summed E-state index contributed by atoms with van der Waals surface area (Å²) in [6.45, 7) is 6.72. The Kier molecular flexibility index (Phi) is 5.41. The first-order valence-corrected chi connectivity index (χ1v) is 9.26. The van der Waals surface area contributed by atoms with E-state index in [-0.39, 0.29) is 6.04 Å². The van der Waals surface area contributed by atoms with Crippen LogP contribution in [0.25, 0.3) is 0 Å². The molecule has 0 radical (unpaired) electrons. The summed E-state index contributed by atoms with van der Waals surface area (Å²) in [5.41, 5.74) is 2.19. The van der Waals surface area contributed by atoms with Crippen molar-refractivity contribution >= 4 is 10.0 Å². The van der Waals surface area contributed by atoms with E-state index in [0.29, 0.717) is 10.9 Å². The molecule has 1 fully saturated rings. The molecule has 21 heavy (non-hydrogen) atoms. The van der Waals surface area contributed by atoms with E-state index in [0.717, 1.165) is 30.5 Å². The zero-order chi connectivity index (χ0) is 15.5. The molecule has 0 heterocycles. The third-order valence-corrected chi connectivity index (χ3v) is 5.45. The molecule has 0 bridgehead atoms. The number of aryl methyl sites for hydroxylation is 1. The van der Waals surface area contributed by atoms with E-state index < -0.39 is 10.0 Å². The van der Waals surface area contributed by atoms with Crippen LogP contribution in [0.15, 0.2) is 23.1 Å². The average Bonchev–Trinajstić information content (AvgIpc) is 3.21. The lowest BCUT2D eigenvalue weighted by Crippen LogP contribution is -2.32. The van der Waals surface area contributed by atoms with Gasteiger partial charge in [0.25, 0.3) is 0 Å². The van der Waals surface area contributed by atoms with Gasteiger partial charge in [-0.25, -0.2) is 13.1 Å². The second-order valence-corrected chi connectivity index (χ2v) is 7.77. The van der Waals surface area contributed by atoms with Crippen LogP contribution in [0.5, 0.6) is 0 Å². The Hall–Kier alpha value is -0.910. The lowest BCUT2D eigenvalue weighted by atomic mass is 10.1. The van der Waals surface area contributed by atoms with Crippen molar-refractivity contribution in [2.45, 2.75) is 70.0 Å². The monoisotopic (exact) mass is 310 g/mol. The summed E-state index contributed by atoms with van der Waals surface area (Å²) >= 11 is 0. The number of nitrogens with one attached hydrogen (secondary N) is 2. The molecule has 2 rings (SSSR count). The Morgan fingerprint density at radius 3 is 2.67 bits per heavy atom. The van der Waals surface area contributed by atoms with Crippen molar-refractivity contribution < 1.29 is 8.42 Å². The lowest BCUT2D eigenvalue weighted by Gasteiger charge is -2.15. The maximum atomic E-state index is 12.4. The lowest BCUT2D eigenvalue weighted by molar-refractivity contribution is 0.543. The molecule has 0 aliphatic heterocycles. The normalized spacial score (nSPS) is 16.9. The van der Waals surface area contributed by atoms with Crippen molar-refractivity contribution in [2.24, 2.45) is 0 Å². The molecule has 118 valence electrons. The highest BCUT2D eigenvalue weighted by atomic mass is 32.2. The second kappa shape index (κ2) is 6.90. The van der Waals surface area contributed by atoms with Gasteiger partial charge in [-0.2, -0.15) is 0 Å². The number of rotatable bonds is 8. The molecule has 4 nitrogen and oxygen atoms in total. The van der Waals surface area contributed by atoms with E-state index in [9.17, 15) is 8.42 Å². The van der Waals surface area contributed by atoms with E-state index in [2.05, 4.69) is 17.0 Å². The Balaban J connectivity index is 2.12. The van der Waals surface area contributed by atoms with Crippen LogP contribution in [0, 0.1) is 6.92 Å². The molecule has 1 saturated carbocycles. The first kappa shape index (κ1) is 16.5. The summed E-state index contributed by atoms with van der Waals surface area (Å²) in [7, 11) is -3.42. The van der Waals surface area contributed by atoms with Crippen LogP contribution in [0.1, 0.15) is 50.7 Å². The summed E-state index contributed by atoms with van der Waals surface area (Å²) in [5.74, 6) is 0. The number of hydrogen-bond acceptors (Lipinski definition) is 3. The van der Waals surface area contributed by atoms with Crippen LogP contribution in [-0.4, -0.2) is 20.5 Å². The van der Waals surface area contributed by atoms with Gasteiger partial charge >= 0.3 is 0 Å². The van der Waals surface area contributed by atoms with E-state index in [1.165, 1.54) is 12.8 Å². The van der Waals surface area contributed by atoms with E-state index in [1.807, 2.05) is 19.9 Å². The summed E-state index contributed by atoms with van der Waals surface area (Å²) < 4.78 is 27.5. The molecule has 1 aromatic carbocycles. The topological polar surface area (TPSA) is 58.2 Å². The third kappa shape index (κ3) is 4.80. The molecule has 2 N–H and O–H groups in total. The zero-order valence-corrected chi connectivity index (χ0v) is 14.0. The summed E-state index contributed by atoms with van der Waals surface area (Å²) in [4.78, 5) is 0.364. The van der Waals surface area contributed by atoms with Crippen LogP contribution in [0.3, 0.4) is 0 Å². The quantitative estimate of drug-likeness (QED) is 0.776. The molecule has 0 aromatic heterocycles.